The van der Waals surface area contributed by atoms with E-state index in [1.165, 1.54) is 50.5 Å². The zero-order valence-corrected chi connectivity index (χ0v) is 19.2. The van der Waals surface area contributed by atoms with E-state index in [1.807, 2.05) is 30.3 Å². The highest BCUT2D eigenvalue weighted by atomic mass is 16.5. The Kier molecular flexibility index (Phi) is 6.79. The number of hydrogen-bond acceptors (Lipinski definition) is 5. The maximum atomic E-state index is 12.8. The van der Waals surface area contributed by atoms with E-state index in [-0.39, 0.29) is 5.91 Å². The summed E-state index contributed by atoms with van der Waals surface area (Å²) in [4.78, 5) is 17.1. The van der Waals surface area contributed by atoms with Gasteiger partial charge in [-0.1, -0.05) is 25.3 Å². The van der Waals surface area contributed by atoms with Crippen molar-refractivity contribution in [3.63, 3.8) is 0 Å². The molecule has 2 aliphatic carbocycles. The van der Waals surface area contributed by atoms with Crippen LogP contribution >= 0.6 is 0 Å². The van der Waals surface area contributed by atoms with Gasteiger partial charge in [-0.15, -0.1) is 0 Å². The van der Waals surface area contributed by atoms with E-state index in [0.717, 1.165) is 43.2 Å². The summed E-state index contributed by atoms with van der Waals surface area (Å²) < 4.78 is 6.13. The Morgan fingerprint density at radius 3 is 2.70 bits per heavy atom. The molecule has 0 atom stereocenters. The molecule has 2 saturated carbocycles. The molecule has 0 unspecified atom stereocenters. The lowest BCUT2D eigenvalue weighted by molar-refractivity contribution is 0.0975. The Balaban J connectivity index is 1.26. The number of anilines is 2. The summed E-state index contributed by atoms with van der Waals surface area (Å²) in [5, 5.41) is 9.62. The number of hydrogen-bond donors (Lipinski definition) is 3. The first-order chi connectivity index (χ1) is 16.2. The zero-order valence-electron chi connectivity index (χ0n) is 19.2. The van der Waals surface area contributed by atoms with Crippen molar-refractivity contribution in [3.8, 4) is 5.75 Å². The van der Waals surface area contributed by atoms with Gasteiger partial charge < -0.3 is 15.4 Å². The molecule has 5 rings (SSSR count). The van der Waals surface area contributed by atoms with Crippen LogP contribution in [0.5, 0.6) is 5.75 Å². The quantitative estimate of drug-likeness (QED) is 0.536. The van der Waals surface area contributed by atoms with Crippen LogP contribution < -0.4 is 20.7 Å². The monoisotopic (exact) mass is 446 g/mol. The number of rotatable bonds is 7. The third-order valence-corrected chi connectivity index (χ3v) is 6.78. The smallest absolute Gasteiger partial charge is 0.257 e. The molecule has 1 aliphatic heterocycles. The molecule has 174 valence electrons. The molecule has 0 bridgehead atoms. The maximum absolute atomic E-state index is 12.8. The van der Waals surface area contributed by atoms with Gasteiger partial charge >= 0.3 is 0 Å². The summed E-state index contributed by atoms with van der Waals surface area (Å²) in [6.07, 6.45) is 9.93. The second kappa shape index (κ2) is 10.3. The minimum atomic E-state index is -0.116. The fourth-order valence-corrected chi connectivity index (χ4v) is 4.73. The van der Waals surface area contributed by atoms with Gasteiger partial charge in [0.15, 0.2) is 5.96 Å². The van der Waals surface area contributed by atoms with Crippen molar-refractivity contribution in [2.24, 2.45) is 10.9 Å². The number of benzene rings is 2. The van der Waals surface area contributed by atoms with Crippen LogP contribution in [0.25, 0.3) is 0 Å². The standard InChI is InChI=1S/C27H34N4O2/c32-26(31-27-28-14-5-15-29-27)21-12-13-25(24(16-21)20-10-11-20)30-22-8-4-9-23(17-22)33-18-19-6-2-1-3-7-19/h4,8-9,12-13,16-17,19-20,30H,1-3,5-7,10-11,14-15,18H2,(H2,28,29,31,32). The van der Waals surface area contributed by atoms with Gasteiger partial charge in [0.2, 0.25) is 0 Å². The number of amides is 1. The van der Waals surface area contributed by atoms with Crippen molar-refractivity contribution in [2.75, 3.05) is 25.0 Å². The lowest BCUT2D eigenvalue weighted by atomic mass is 9.90. The zero-order chi connectivity index (χ0) is 22.5. The van der Waals surface area contributed by atoms with E-state index < -0.39 is 0 Å². The fraction of sp³-hybridized carbons (Fsp3) is 0.481. The van der Waals surface area contributed by atoms with Crippen LogP contribution in [0.2, 0.25) is 0 Å². The second-order valence-corrected chi connectivity index (χ2v) is 9.51. The average Bonchev–Trinajstić information content (AvgIpc) is 3.70. The lowest BCUT2D eigenvalue weighted by Crippen LogP contribution is -2.43. The molecule has 0 radical (unpaired) electrons. The average molecular weight is 447 g/mol. The van der Waals surface area contributed by atoms with E-state index in [2.05, 4.69) is 33.1 Å². The van der Waals surface area contributed by atoms with Crippen LogP contribution in [-0.2, 0) is 0 Å². The number of carbonyl (C=O) groups is 1. The molecule has 6 nitrogen and oxygen atoms in total. The molecular formula is C27H34N4O2. The maximum Gasteiger partial charge on any atom is 0.257 e. The van der Waals surface area contributed by atoms with Gasteiger partial charge in [0.1, 0.15) is 5.75 Å². The first-order valence-electron chi connectivity index (χ1n) is 12.5. The van der Waals surface area contributed by atoms with Crippen molar-refractivity contribution in [1.82, 2.24) is 10.6 Å². The number of nitrogens with one attached hydrogen (secondary N) is 3. The number of carbonyl (C=O) groups excluding carboxylic acids is 1. The predicted octanol–water partition coefficient (Wildman–Crippen LogP) is 5.35. The third-order valence-electron chi connectivity index (χ3n) is 6.78. The third kappa shape index (κ3) is 5.86. The van der Waals surface area contributed by atoms with Crippen LogP contribution in [0, 0.1) is 5.92 Å². The largest absolute Gasteiger partial charge is 0.493 e. The molecule has 3 aliphatic rings. The fourth-order valence-electron chi connectivity index (χ4n) is 4.73. The second-order valence-electron chi connectivity index (χ2n) is 9.51. The molecule has 0 saturated heterocycles. The first kappa shape index (κ1) is 21.8. The molecule has 6 heteroatoms. The highest BCUT2D eigenvalue weighted by Gasteiger charge is 2.27. The normalized spacial score (nSPS) is 18.7. The topological polar surface area (TPSA) is 74.8 Å². The number of aliphatic imine (C=N–C) groups is 1. The number of guanidine groups is 1. The van der Waals surface area contributed by atoms with Crippen LogP contribution in [0.4, 0.5) is 11.4 Å². The Morgan fingerprint density at radius 2 is 1.91 bits per heavy atom. The van der Waals surface area contributed by atoms with Crippen molar-refractivity contribution < 1.29 is 9.53 Å². The van der Waals surface area contributed by atoms with Crippen LogP contribution in [0.15, 0.2) is 47.5 Å². The molecule has 33 heavy (non-hydrogen) atoms. The molecule has 0 aromatic heterocycles. The molecule has 0 spiro atoms. The van der Waals surface area contributed by atoms with E-state index >= 15 is 0 Å². The molecule has 1 heterocycles. The number of nitrogens with zero attached hydrogens (tertiary/aromatic N) is 1. The Morgan fingerprint density at radius 1 is 1.03 bits per heavy atom. The minimum absolute atomic E-state index is 0.116. The molecule has 2 aromatic carbocycles. The number of ether oxygens (including phenoxy) is 1. The summed E-state index contributed by atoms with van der Waals surface area (Å²) in [5.74, 6) is 2.57. The highest BCUT2D eigenvalue weighted by Crippen LogP contribution is 2.44. The summed E-state index contributed by atoms with van der Waals surface area (Å²) >= 11 is 0. The highest BCUT2D eigenvalue weighted by molar-refractivity contribution is 6.06. The summed E-state index contributed by atoms with van der Waals surface area (Å²) in [6.45, 7) is 2.40. The Labute approximate surface area is 196 Å². The van der Waals surface area contributed by atoms with Gasteiger partial charge in [0, 0.05) is 36.1 Å². The Hall–Kier alpha value is -3.02. The molecule has 1 amide bonds. The van der Waals surface area contributed by atoms with Gasteiger partial charge in [-0.05, 0) is 79.8 Å². The summed E-state index contributed by atoms with van der Waals surface area (Å²) in [7, 11) is 0. The SMILES string of the molecule is O=C(NC1=NCCCN1)c1ccc(Nc2cccc(OCC3CCCCC3)c2)c(C2CC2)c1. The van der Waals surface area contributed by atoms with Crippen molar-refractivity contribution >= 4 is 23.2 Å². The van der Waals surface area contributed by atoms with Crippen LogP contribution in [0.1, 0.15) is 73.2 Å². The van der Waals surface area contributed by atoms with Crippen molar-refractivity contribution in [1.29, 1.82) is 0 Å². The van der Waals surface area contributed by atoms with Gasteiger partial charge in [0.25, 0.3) is 5.91 Å². The predicted molar refractivity (Wildman–Crippen MR) is 133 cm³/mol. The van der Waals surface area contributed by atoms with Gasteiger partial charge in [-0.2, -0.15) is 0 Å². The summed E-state index contributed by atoms with van der Waals surface area (Å²) in [6, 6.07) is 14.2. The molecule has 2 aromatic rings. The first-order valence-corrected chi connectivity index (χ1v) is 12.5. The van der Waals surface area contributed by atoms with Crippen molar-refractivity contribution in [2.45, 2.75) is 57.3 Å². The lowest BCUT2D eigenvalue weighted by Gasteiger charge is -2.22. The van der Waals surface area contributed by atoms with E-state index in [1.54, 1.807) is 0 Å². The van der Waals surface area contributed by atoms with E-state index in [9.17, 15) is 4.79 Å². The van der Waals surface area contributed by atoms with E-state index in [4.69, 9.17) is 4.74 Å². The molecular weight excluding hydrogens is 412 g/mol. The molecule has 3 N–H and O–H groups in total. The van der Waals surface area contributed by atoms with Crippen LogP contribution in [-0.4, -0.2) is 31.6 Å². The minimum Gasteiger partial charge on any atom is -0.493 e. The molecule has 2 fully saturated rings. The summed E-state index contributed by atoms with van der Waals surface area (Å²) in [5.41, 5.74) is 3.94. The van der Waals surface area contributed by atoms with Gasteiger partial charge in [-0.3, -0.25) is 15.1 Å². The van der Waals surface area contributed by atoms with Crippen molar-refractivity contribution in [3.05, 3.63) is 53.6 Å². The van der Waals surface area contributed by atoms with Crippen LogP contribution in [0.3, 0.4) is 0 Å². The van der Waals surface area contributed by atoms with Gasteiger partial charge in [-0.25, -0.2) is 0 Å². The van der Waals surface area contributed by atoms with Gasteiger partial charge in [0.05, 0.1) is 6.61 Å². The van der Waals surface area contributed by atoms with E-state index in [0.29, 0.717) is 23.4 Å². The Bertz CT molecular complexity index is 1010.